The average molecular weight is 346 g/mol. The highest BCUT2D eigenvalue weighted by Crippen LogP contribution is 2.36. The van der Waals surface area contributed by atoms with E-state index in [0.29, 0.717) is 19.3 Å². The molecule has 4 nitrogen and oxygen atoms in total. The van der Waals surface area contributed by atoms with Crippen LogP contribution >= 0.6 is 15.9 Å². The highest BCUT2D eigenvalue weighted by Gasteiger charge is 2.11. The Labute approximate surface area is 129 Å². The van der Waals surface area contributed by atoms with Crippen molar-refractivity contribution in [3.8, 4) is 11.5 Å². The molecule has 0 atom stereocenters. The van der Waals surface area contributed by atoms with Crippen LogP contribution in [0.15, 0.2) is 16.6 Å². The van der Waals surface area contributed by atoms with Crippen LogP contribution in [0.3, 0.4) is 0 Å². The molecule has 0 spiro atoms. The molecule has 114 valence electrons. The summed E-state index contributed by atoms with van der Waals surface area (Å²) in [7, 11) is 3.34. The standard InChI is InChI=1S/C15H24BrNO3/c1-11(2)17-10-12-8-13(16)15(14(9-12)19-4)20-7-5-6-18-3/h8-9,11,17H,5-7,10H2,1-4H3. The molecule has 1 aromatic rings. The molecule has 0 fully saturated rings. The van der Waals surface area contributed by atoms with Crippen molar-refractivity contribution in [2.75, 3.05) is 27.4 Å². The van der Waals surface area contributed by atoms with Crippen LogP contribution < -0.4 is 14.8 Å². The molecule has 0 aliphatic rings. The van der Waals surface area contributed by atoms with E-state index >= 15 is 0 Å². The summed E-state index contributed by atoms with van der Waals surface area (Å²) in [4.78, 5) is 0. The van der Waals surface area contributed by atoms with E-state index < -0.39 is 0 Å². The molecule has 0 heterocycles. The van der Waals surface area contributed by atoms with Gasteiger partial charge in [0.2, 0.25) is 0 Å². The Hall–Kier alpha value is -0.780. The Kier molecular flexibility index (Phi) is 7.95. The number of halogens is 1. The Bertz CT molecular complexity index is 410. The van der Waals surface area contributed by atoms with Crippen LogP contribution in [0.2, 0.25) is 0 Å². The summed E-state index contributed by atoms with van der Waals surface area (Å²) in [5.74, 6) is 1.49. The topological polar surface area (TPSA) is 39.7 Å². The Morgan fingerprint density at radius 1 is 1.20 bits per heavy atom. The second kappa shape index (κ2) is 9.21. The lowest BCUT2D eigenvalue weighted by atomic mass is 10.2. The summed E-state index contributed by atoms with van der Waals surface area (Å²) in [6, 6.07) is 4.51. The monoisotopic (exact) mass is 345 g/mol. The van der Waals surface area contributed by atoms with Gasteiger partial charge in [-0.2, -0.15) is 0 Å². The molecule has 0 radical (unpaired) electrons. The molecule has 0 aliphatic heterocycles. The van der Waals surface area contributed by atoms with Gasteiger partial charge in [-0.1, -0.05) is 13.8 Å². The highest BCUT2D eigenvalue weighted by molar-refractivity contribution is 9.10. The number of hydrogen-bond acceptors (Lipinski definition) is 4. The average Bonchev–Trinajstić information content (AvgIpc) is 2.42. The van der Waals surface area contributed by atoms with Gasteiger partial charge < -0.3 is 19.5 Å². The van der Waals surface area contributed by atoms with Crippen molar-refractivity contribution in [3.05, 3.63) is 22.2 Å². The molecular weight excluding hydrogens is 322 g/mol. The minimum Gasteiger partial charge on any atom is -0.493 e. The number of rotatable bonds is 9. The second-order valence-electron chi connectivity index (χ2n) is 4.84. The number of nitrogens with one attached hydrogen (secondary N) is 1. The Morgan fingerprint density at radius 3 is 2.55 bits per heavy atom. The zero-order valence-electron chi connectivity index (χ0n) is 12.7. The maximum Gasteiger partial charge on any atom is 0.175 e. The number of ether oxygens (including phenoxy) is 3. The first-order valence-corrected chi connectivity index (χ1v) is 7.59. The van der Waals surface area contributed by atoms with Crippen molar-refractivity contribution in [2.24, 2.45) is 0 Å². The Morgan fingerprint density at radius 2 is 1.95 bits per heavy atom. The fraction of sp³-hybridized carbons (Fsp3) is 0.600. The van der Waals surface area contributed by atoms with Gasteiger partial charge in [0.25, 0.3) is 0 Å². The third-order valence-electron chi connectivity index (χ3n) is 2.74. The molecule has 0 saturated heterocycles. The number of benzene rings is 1. The summed E-state index contributed by atoms with van der Waals surface area (Å²) in [5.41, 5.74) is 1.16. The lowest BCUT2D eigenvalue weighted by Gasteiger charge is -2.15. The summed E-state index contributed by atoms with van der Waals surface area (Å²) in [6.45, 7) is 6.35. The van der Waals surface area contributed by atoms with Crippen LogP contribution in [-0.4, -0.2) is 33.5 Å². The van der Waals surface area contributed by atoms with Gasteiger partial charge in [-0.25, -0.2) is 0 Å². The third kappa shape index (κ3) is 5.69. The Balaban J connectivity index is 2.74. The van der Waals surface area contributed by atoms with Crippen molar-refractivity contribution in [1.82, 2.24) is 5.32 Å². The first-order valence-electron chi connectivity index (χ1n) is 6.80. The van der Waals surface area contributed by atoms with Gasteiger partial charge in [0.15, 0.2) is 11.5 Å². The van der Waals surface area contributed by atoms with Gasteiger partial charge >= 0.3 is 0 Å². The first kappa shape index (κ1) is 17.3. The van der Waals surface area contributed by atoms with Gasteiger partial charge in [-0.15, -0.1) is 0 Å². The van der Waals surface area contributed by atoms with E-state index in [4.69, 9.17) is 14.2 Å². The predicted molar refractivity (Wildman–Crippen MR) is 84.7 cm³/mol. The van der Waals surface area contributed by atoms with Crippen LogP contribution in [0, 0.1) is 0 Å². The van der Waals surface area contributed by atoms with Crippen LogP contribution in [0.5, 0.6) is 11.5 Å². The van der Waals surface area contributed by atoms with E-state index in [9.17, 15) is 0 Å². The van der Waals surface area contributed by atoms with Crippen LogP contribution in [0.25, 0.3) is 0 Å². The van der Waals surface area contributed by atoms with Gasteiger partial charge in [-0.3, -0.25) is 0 Å². The second-order valence-corrected chi connectivity index (χ2v) is 5.69. The summed E-state index contributed by atoms with van der Waals surface area (Å²) in [5, 5.41) is 3.39. The molecular formula is C15H24BrNO3. The molecule has 1 rings (SSSR count). The van der Waals surface area contributed by atoms with E-state index in [-0.39, 0.29) is 0 Å². The molecule has 0 saturated carbocycles. The molecule has 0 aromatic heterocycles. The van der Waals surface area contributed by atoms with Gasteiger partial charge in [0.05, 0.1) is 18.2 Å². The first-order chi connectivity index (χ1) is 9.58. The van der Waals surface area contributed by atoms with E-state index in [1.807, 2.05) is 6.07 Å². The fourth-order valence-corrected chi connectivity index (χ4v) is 2.32. The minimum absolute atomic E-state index is 0.449. The molecule has 1 aromatic carbocycles. The summed E-state index contributed by atoms with van der Waals surface area (Å²) >= 11 is 3.55. The minimum atomic E-state index is 0.449. The summed E-state index contributed by atoms with van der Waals surface area (Å²) < 4.78 is 17.1. The number of hydrogen-bond donors (Lipinski definition) is 1. The normalized spacial score (nSPS) is 10.9. The molecule has 0 bridgehead atoms. The molecule has 0 amide bonds. The molecule has 20 heavy (non-hydrogen) atoms. The van der Waals surface area contributed by atoms with Crippen molar-refractivity contribution in [1.29, 1.82) is 0 Å². The van der Waals surface area contributed by atoms with Crippen molar-refractivity contribution >= 4 is 15.9 Å². The molecule has 0 aliphatic carbocycles. The third-order valence-corrected chi connectivity index (χ3v) is 3.33. The van der Waals surface area contributed by atoms with Crippen molar-refractivity contribution in [2.45, 2.75) is 32.9 Å². The lowest BCUT2D eigenvalue weighted by Crippen LogP contribution is -2.21. The van der Waals surface area contributed by atoms with Crippen LogP contribution in [-0.2, 0) is 11.3 Å². The number of methoxy groups -OCH3 is 2. The van der Waals surface area contributed by atoms with Crippen LogP contribution in [0.4, 0.5) is 0 Å². The van der Waals surface area contributed by atoms with Gasteiger partial charge in [0.1, 0.15) is 0 Å². The fourth-order valence-electron chi connectivity index (χ4n) is 1.71. The van der Waals surface area contributed by atoms with Crippen molar-refractivity contribution < 1.29 is 14.2 Å². The van der Waals surface area contributed by atoms with E-state index in [1.54, 1.807) is 14.2 Å². The van der Waals surface area contributed by atoms with E-state index in [1.165, 1.54) is 0 Å². The van der Waals surface area contributed by atoms with Crippen LogP contribution in [0.1, 0.15) is 25.8 Å². The summed E-state index contributed by atoms with van der Waals surface area (Å²) in [6.07, 6.45) is 0.850. The zero-order chi connectivity index (χ0) is 15.0. The maximum absolute atomic E-state index is 5.77. The smallest absolute Gasteiger partial charge is 0.175 e. The molecule has 1 N–H and O–H groups in total. The van der Waals surface area contributed by atoms with Gasteiger partial charge in [-0.05, 0) is 33.6 Å². The SMILES string of the molecule is COCCCOc1c(Br)cc(CNC(C)C)cc1OC. The highest BCUT2D eigenvalue weighted by atomic mass is 79.9. The van der Waals surface area contributed by atoms with E-state index in [0.717, 1.165) is 34.5 Å². The predicted octanol–water partition coefficient (Wildman–Crippen LogP) is 3.37. The quantitative estimate of drug-likeness (QED) is 0.696. The molecule has 5 heteroatoms. The maximum atomic E-state index is 5.77. The zero-order valence-corrected chi connectivity index (χ0v) is 14.2. The lowest BCUT2D eigenvalue weighted by molar-refractivity contribution is 0.170. The van der Waals surface area contributed by atoms with E-state index in [2.05, 4.69) is 41.2 Å². The largest absolute Gasteiger partial charge is 0.493 e. The van der Waals surface area contributed by atoms with Gasteiger partial charge in [0, 0.05) is 32.7 Å². The van der Waals surface area contributed by atoms with Crippen molar-refractivity contribution in [3.63, 3.8) is 0 Å². The molecule has 0 unspecified atom stereocenters.